The molecule has 1 saturated heterocycles. The molecule has 10 nitrogen and oxygen atoms in total. The first kappa shape index (κ1) is 32.6. The normalized spacial score (nSPS) is 20.9. The van der Waals surface area contributed by atoms with Gasteiger partial charge in [-0.2, -0.15) is 5.26 Å². The average Bonchev–Trinajstić information content (AvgIpc) is 2.98. The SMILES string of the molecule is Cc1cnc(N[C@H]2CC[C@H](N[C@@H](C)COCC(=O)OC(C)(C)C)CC2)cc1-c1cccc(NCC2(C#N)CCOCC2)n1. The van der Waals surface area contributed by atoms with Crippen LogP contribution in [0.1, 0.15) is 71.8 Å². The largest absolute Gasteiger partial charge is 0.458 e. The van der Waals surface area contributed by atoms with Gasteiger partial charge >= 0.3 is 5.97 Å². The molecule has 0 amide bonds. The van der Waals surface area contributed by atoms with E-state index in [0.717, 1.165) is 67.0 Å². The second kappa shape index (κ2) is 15.0. The molecule has 0 radical (unpaired) electrons. The highest BCUT2D eigenvalue weighted by Crippen LogP contribution is 2.31. The van der Waals surface area contributed by atoms with Crippen LogP contribution in [0.25, 0.3) is 11.3 Å². The summed E-state index contributed by atoms with van der Waals surface area (Å²) in [6.45, 7) is 11.9. The van der Waals surface area contributed by atoms with Gasteiger partial charge in [0, 0.05) is 49.6 Å². The van der Waals surface area contributed by atoms with Gasteiger partial charge in [-0.25, -0.2) is 14.8 Å². The third-order valence-corrected chi connectivity index (χ3v) is 8.03. The Morgan fingerprint density at radius 3 is 2.58 bits per heavy atom. The number of aromatic nitrogens is 2. The summed E-state index contributed by atoms with van der Waals surface area (Å²) in [5.74, 6) is 1.28. The van der Waals surface area contributed by atoms with Crippen molar-refractivity contribution in [3.8, 4) is 17.3 Å². The number of nitriles is 1. The van der Waals surface area contributed by atoms with E-state index in [0.29, 0.717) is 38.4 Å². The number of pyridine rings is 2. The lowest BCUT2D eigenvalue weighted by atomic mass is 9.82. The number of ether oxygens (including phenoxy) is 3. The monoisotopic (exact) mass is 592 g/mol. The highest BCUT2D eigenvalue weighted by molar-refractivity contribution is 5.71. The van der Waals surface area contributed by atoms with E-state index in [9.17, 15) is 10.1 Å². The summed E-state index contributed by atoms with van der Waals surface area (Å²) >= 11 is 0. The van der Waals surface area contributed by atoms with Crippen LogP contribution in [0.5, 0.6) is 0 Å². The number of carbonyl (C=O) groups excluding carboxylic acids is 1. The Morgan fingerprint density at radius 2 is 1.88 bits per heavy atom. The molecule has 2 fully saturated rings. The molecule has 2 aromatic heterocycles. The Hall–Kier alpha value is -3.26. The van der Waals surface area contributed by atoms with Crippen molar-refractivity contribution in [2.75, 3.05) is 43.6 Å². The van der Waals surface area contributed by atoms with E-state index in [1.165, 1.54) is 0 Å². The lowest BCUT2D eigenvalue weighted by molar-refractivity contribution is -0.160. The fourth-order valence-electron chi connectivity index (χ4n) is 5.67. The van der Waals surface area contributed by atoms with E-state index >= 15 is 0 Å². The maximum absolute atomic E-state index is 11.9. The van der Waals surface area contributed by atoms with E-state index in [4.69, 9.17) is 19.2 Å². The van der Waals surface area contributed by atoms with Gasteiger partial charge in [0.2, 0.25) is 0 Å². The lowest BCUT2D eigenvalue weighted by Crippen LogP contribution is -2.43. The predicted molar refractivity (Wildman–Crippen MR) is 168 cm³/mol. The molecule has 0 unspecified atom stereocenters. The van der Waals surface area contributed by atoms with Gasteiger partial charge < -0.3 is 30.2 Å². The van der Waals surface area contributed by atoms with E-state index in [1.807, 2.05) is 45.2 Å². The van der Waals surface area contributed by atoms with Crippen molar-refractivity contribution < 1.29 is 19.0 Å². The van der Waals surface area contributed by atoms with Crippen LogP contribution in [0.4, 0.5) is 11.6 Å². The molecule has 4 rings (SSSR count). The molecule has 43 heavy (non-hydrogen) atoms. The minimum Gasteiger partial charge on any atom is -0.458 e. The minimum atomic E-state index is -0.500. The lowest BCUT2D eigenvalue weighted by Gasteiger charge is -2.32. The van der Waals surface area contributed by atoms with Crippen LogP contribution in [0.2, 0.25) is 0 Å². The van der Waals surface area contributed by atoms with Crippen LogP contribution >= 0.6 is 0 Å². The van der Waals surface area contributed by atoms with Crippen LogP contribution < -0.4 is 16.0 Å². The van der Waals surface area contributed by atoms with Gasteiger partial charge in [-0.15, -0.1) is 0 Å². The summed E-state index contributed by atoms with van der Waals surface area (Å²) in [7, 11) is 0. The van der Waals surface area contributed by atoms with Gasteiger partial charge in [-0.3, -0.25) is 0 Å². The van der Waals surface area contributed by atoms with Crippen LogP contribution in [0.3, 0.4) is 0 Å². The van der Waals surface area contributed by atoms with E-state index < -0.39 is 11.0 Å². The molecular formula is C33H48N6O4. The number of anilines is 2. The molecule has 10 heteroatoms. The summed E-state index contributed by atoms with van der Waals surface area (Å²) in [6, 6.07) is 11.5. The van der Waals surface area contributed by atoms with Gasteiger partial charge in [0.05, 0.1) is 23.8 Å². The molecule has 234 valence electrons. The van der Waals surface area contributed by atoms with E-state index in [2.05, 4.69) is 46.9 Å². The Labute approximate surface area is 256 Å². The summed E-state index contributed by atoms with van der Waals surface area (Å²) in [4.78, 5) is 21.4. The van der Waals surface area contributed by atoms with Crippen LogP contribution in [-0.2, 0) is 19.0 Å². The molecule has 1 aliphatic carbocycles. The number of rotatable bonds is 12. The molecular weight excluding hydrogens is 544 g/mol. The molecule has 3 N–H and O–H groups in total. The third-order valence-electron chi connectivity index (χ3n) is 8.03. The zero-order chi connectivity index (χ0) is 30.9. The van der Waals surface area contributed by atoms with Crippen molar-refractivity contribution in [3.05, 3.63) is 36.0 Å². The smallest absolute Gasteiger partial charge is 0.332 e. The number of hydrogen-bond acceptors (Lipinski definition) is 10. The molecule has 1 atom stereocenters. The molecule has 3 heterocycles. The van der Waals surface area contributed by atoms with Crippen molar-refractivity contribution >= 4 is 17.6 Å². The fraction of sp³-hybridized carbons (Fsp3) is 0.636. The fourth-order valence-corrected chi connectivity index (χ4v) is 5.67. The standard InChI is InChI=1S/C33H48N6O4/c1-23-18-35-30(17-27(23)28-7-6-8-29(39-28)36-22-33(21-34)13-15-41-16-14-33)38-26-11-9-25(10-12-26)37-24(2)19-42-20-31(40)43-32(3,4)5/h6-8,17-18,24-26,37H,9-16,19-20,22H2,1-5H3,(H,35,38)(H,36,39)/t24-,25-,26-/m0/s1. The topological polar surface area (TPSA) is 130 Å². The number of nitrogens with zero attached hydrogens (tertiary/aromatic N) is 3. The number of esters is 1. The first-order chi connectivity index (χ1) is 20.5. The minimum absolute atomic E-state index is 0.0282. The molecule has 2 aliphatic rings. The number of aryl methyl sites for hydroxylation is 1. The Morgan fingerprint density at radius 1 is 1.16 bits per heavy atom. The average molecular weight is 593 g/mol. The van der Waals surface area contributed by atoms with Crippen LogP contribution in [0, 0.1) is 23.7 Å². The Bertz CT molecular complexity index is 1240. The predicted octanol–water partition coefficient (Wildman–Crippen LogP) is 5.24. The number of hydrogen-bond donors (Lipinski definition) is 3. The van der Waals surface area contributed by atoms with Gasteiger partial charge in [0.15, 0.2) is 0 Å². The highest BCUT2D eigenvalue weighted by atomic mass is 16.6. The molecule has 1 aliphatic heterocycles. The zero-order valence-corrected chi connectivity index (χ0v) is 26.4. The third kappa shape index (κ3) is 10.2. The maximum Gasteiger partial charge on any atom is 0.332 e. The summed E-state index contributed by atoms with van der Waals surface area (Å²) < 4.78 is 16.3. The number of nitrogens with one attached hydrogen (secondary N) is 3. The first-order valence-corrected chi connectivity index (χ1v) is 15.5. The maximum atomic E-state index is 11.9. The second-order valence-electron chi connectivity index (χ2n) is 13.0. The van der Waals surface area contributed by atoms with Crippen molar-refractivity contribution in [1.82, 2.24) is 15.3 Å². The first-order valence-electron chi connectivity index (χ1n) is 15.5. The van der Waals surface area contributed by atoms with Gasteiger partial charge in [0.1, 0.15) is 23.8 Å². The van der Waals surface area contributed by atoms with Crippen molar-refractivity contribution in [3.63, 3.8) is 0 Å². The molecule has 0 aromatic carbocycles. The highest BCUT2D eigenvalue weighted by Gasteiger charge is 2.32. The molecule has 1 saturated carbocycles. The second-order valence-corrected chi connectivity index (χ2v) is 13.0. The molecule has 0 bridgehead atoms. The van der Waals surface area contributed by atoms with Gasteiger partial charge in [0.25, 0.3) is 0 Å². The summed E-state index contributed by atoms with van der Waals surface area (Å²) in [5, 5.41) is 20.5. The van der Waals surface area contributed by atoms with Crippen molar-refractivity contribution in [1.29, 1.82) is 5.26 Å². The number of carbonyl (C=O) groups is 1. The summed E-state index contributed by atoms with van der Waals surface area (Å²) in [5.41, 5.74) is 2.06. The molecule has 0 spiro atoms. The summed E-state index contributed by atoms with van der Waals surface area (Å²) in [6.07, 6.45) is 7.55. The van der Waals surface area contributed by atoms with E-state index in [1.54, 1.807) is 0 Å². The van der Waals surface area contributed by atoms with Crippen LogP contribution in [0.15, 0.2) is 30.5 Å². The molecule has 2 aromatic rings. The van der Waals surface area contributed by atoms with E-state index in [-0.39, 0.29) is 18.6 Å². The quantitative estimate of drug-likeness (QED) is 0.281. The zero-order valence-electron chi connectivity index (χ0n) is 26.4. The Balaban J connectivity index is 1.25. The van der Waals surface area contributed by atoms with Gasteiger partial charge in [-0.05, 0) is 96.9 Å². The van der Waals surface area contributed by atoms with Crippen LogP contribution in [-0.4, -0.2) is 72.6 Å². The van der Waals surface area contributed by atoms with Crippen molar-refractivity contribution in [2.45, 2.75) is 96.9 Å². The van der Waals surface area contributed by atoms with Gasteiger partial charge in [-0.1, -0.05) is 6.07 Å². The Kier molecular flexibility index (Phi) is 11.4. The van der Waals surface area contributed by atoms with Crippen molar-refractivity contribution in [2.24, 2.45) is 5.41 Å².